The van der Waals surface area contributed by atoms with Crippen molar-refractivity contribution in [1.82, 2.24) is 10.2 Å². The molecule has 2 unspecified atom stereocenters. The molecule has 19 heavy (non-hydrogen) atoms. The third-order valence-electron chi connectivity index (χ3n) is 4.11. The quantitative estimate of drug-likeness (QED) is 0.901. The first-order valence-electron chi connectivity index (χ1n) is 7.20. The summed E-state index contributed by atoms with van der Waals surface area (Å²) >= 11 is 0. The smallest absolute Gasteiger partial charge is 0.240 e. The summed E-state index contributed by atoms with van der Waals surface area (Å²) in [6.07, 6.45) is 1.10. The maximum Gasteiger partial charge on any atom is 0.240 e. The fourth-order valence-electron chi connectivity index (χ4n) is 2.70. The van der Waals surface area contributed by atoms with Crippen molar-refractivity contribution < 1.29 is 4.79 Å². The van der Waals surface area contributed by atoms with Crippen LogP contribution in [0.25, 0.3) is 0 Å². The Kier molecular flexibility index (Phi) is 4.59. The zero-order valence-electron chi connectivity index (χ0n) is 12.1. The van der Waals surface area contributed by atoms with Crippen LogP contribution in [-0.4, -0.2) is 29.9 Å². The predicted octanol–water partition coefficient (Wildman–Crippen LogP) is 2.34. The Labute approximate surface area is 116 Å². The van der Waals surface area contributed by atoms with Gasteiger partial charge in [0.15, 0.2) is 0 Å². The highest BCUT2D eigenvalue weighted by Gasteiger charge is 2.32. The van der Waals surface area contributed by atoms with Crippen LogP contribution in [-0.2, 0) is 11.3 Å². The van der Waals surface area contributed by atoms with Crippen molar-refractivity contribution in [3.8, 4) is 0 Å². The molecule has 1 aromatic rings. The topological polar surface area (TPSA) is 32.3 Å². The van der Waals surface area contributed by atoms with Crippen molar-refractivity contribution in [2.45, 2.75) is 39.8 Å². The number of hydrogen-bond acceptors (Lipinski definition) is 2. The van der Waals surface area contributed by atoms with Crippen LogP contribution in [0.1, 0.15) is 31.4 Å². The second kappa shape index (κ2) is 6.20. The first-order chi connectivity index (χ1) is 9.13. The summed E-state index contributed by atoms with van der Waals surface area (Å²) in [6.45, 7) is 8.74. The van der Waals surface area contributed by atoms with Crippen LogP contribution in [0.4, 0.5) is 0 Å². The minimum atomic E-state index is 0.00367. The molecule has 104 valence electrons. The van der Waals surface area contributed by atoms with E-state index in [4.69, 9.17) is 0 Å². The van der Waals surface area contributed by atoms with Crippen LogP contribution < -0.4 is 5.32 Å². The molecule has 1 saturated heterocycles. The van der Waals surface area contributed by atoms with Gasteiger partial charge in [0.1, 0.15) is 0 Å². The molecule has 2 rings (SSSR count). The van der Waals surface area contributed by atoms with Gasteiger partial charge in [0, 0.05) is 13.1 Å². The average molecular weight is 260 g/mol. The Morgan fingerprint density at radius 3 is 2.74 bits per heavy atom. The van der Waals surface area contributed by atoms with E-state index in [9.17, 15) is 4.79 Å². The van der Waals surface area contributed by atoms with Gasteiger partial charge in [-0.15, -0.1) is 0 Å². The monoisotopic (exact) mass is 260 g/mol. The van der Waals surface area contributed by atoms with E-state index in [2.05, 4.69) is 38.2 Å². The number of carbonyl (C=O) groups is 1. The Morgan fingerprint density at radius 1 is 1.42 bits per heavy atom. The predicted molar refractivity (Wildman–Crippen MR) is 77.8 cm³/mol. The van der Waals surface area contributed by atoms with Gasteiger partial charge in [-0.3, -0.25) is 4.79 Å². The first-order valence-corrected chi connectivity index (χ1v) is 7.20. The van der Waals surface area contributed by atoms with Crippen LogP contribution in [0.15, 0.2) is 24.3 Å². The largest absolute Gasteiger partial charge is 0.337 e. The van der Waals surface area contributed by atoms with Crippen molar-refractivity contribution in [2.75, 3.05) is 13.1 Å². The van der Waals surface area contributed by atoms with Gasteiger partial charge in [0.05, 0.1) is 6.04 Å². The van der Waals surface area contributed by atoms with Crippen LogP contribution >= 0.6 is 0 Å². The lowest BCUT2D eigenvalue weighted by atomic mass is 10.0. The molecule has 1 amide bonds. The van der Waals surface area contributed by atoms with Crippen molar-refractivity contribution in [1.29, 1.82) is 0 Å². The summed E-state index contributed by atoms with van der Waals surface area (Å²) in [6, 6.07) is 8.29. The highest BCUT2D eigenvalue weighted by Crippen LogP contribution is 2.18. The number of hydrogen-bond donors (Lipinski definition) is 1. The maximum atomic E-state index is 12.6. The second-order valence-corrected chi connectivity index (χ2v) is 5.48. The molecule has 0 radical (unpaired) electrons. The fourth-order valence-corrected chi connectivity index (χ4v) is 2.70. The van der Waals surface area contributed by atoms with Crippen molar-refractivity contribution >= 4 is 5.91 Å². The zero-order chi connectivity index (χ0) is 13.8. The number of nitrogens with one attached hydrogen (secondary N) is 1. The molecule has 1 aromatic carbocycles. The Morgan fingerprint density at radius 2 is 2.16 bits per heavy atom. The molecule has 1 aliphatic heterocycles. The molecule has 3 heteroatoms. The van der Waals surface area contributed by atoms with E-state index < -0.39 is 0 Å². The normalized spacial score (nSPS) is 22.5. The lowest BCUT2D eigenvalue weighted by Gasteiger charge is -2.27. The number of likely N-dealkylation sites (N-methyl/N-ethyl adjacent to an activating group) is 1. The highest BCUT2D eigenvalue weighted by molar-refractivity contribution is 5.82. The zero-order valence-corrected chi connectivity index (χ0v) is 12.1. The summed E-state index contributed by atoms with van der Waals surface area (Å²) in [5, 5.41) is 3.33. The van der Waals surface area contributed by atoms with E-state index in [0.717, 1.165) is 19.5 Å². The third-order valence-corrected chi connectivity index (χ3v) is 4.11. The lowest BCUT2D eigenvalue weighted by molar-refractivity contribution is -0.134. The number of aryl methyl sites for hydroxylation is 1. The summed E-state index contributed by atoms with van der Waals surface area (Å²) in [5.41, 5.74) is 2.49. The van der Waals surface area contributed by atoms with Crippen molar-refractivity contribution in [2.24, 2.45) is 5.92 Å². The van der Waals surface area contributed by atoms with E-state index in [-0.39, 0.29) is 11.9 Å². The summed E-state index contributed by atoms with van der Waals surface area (Å²) in [7, 11) is 0. The molecule has 3 nitrogen and oxygen atoms in total. The molecule has 0 saturated carbocycles. The van der Waals surface area contributed by atoms with Gasteiger partial charge < -0.3 is 10.2 Å². The van der Waals surface area contributed by atoms with Crippen molar-refractivity contribution in [3.05, 3.63) is 35.4 Å². The standard InChI is InChI=1S/C16H24N2O/c1-4-18(11-14-8-6-5-7-12(14)2)16(19)15-13(3)9-10-17-15/h5-8,13,15,17H,4,9-11H2,1-3H3. The van der Waals surface area contributed by atoms with E-state index in [1.807, 2.05) is 17.0 Å². The summed E-state index contributed by atoms with van der Waals surface area (Å²) in [5.74, 6) is 0.689. The molecule has 0 aliphatic carbocycles. The second-order valence-electron chi connectivity index (χ2n) is 5.48. The van der Waals surface area contributed by atoms with Gasteiger partial charge >= 0.3 is 0 Å². The minimum Gasteiger partial charge on any atom is -0.337 e. The van der Waals surface area contributed by atoms with E-state index in [1.165, 1.54) is 11.1 Å². The average Bonchev–Trinajstić information content (AvgIpc) is 2.83. The van der Waals surface area contributed by atoms with E-state index in [0.29, 0.717) is 12.5 Å². The third kappa shape index (κ3) is 3.16. The van der Waals surface area contributed by atoms with Gasteiger partial charge in [0.2, 0.25) is 5.91 Å². The molecule has 1 heterocycles. The van der Waals surface area contributed by atoms with Crippen LogP contribution in [0.3, 0.4) is 0 Å². The number of benzene rings is 1. The number of rotatable bonds is 4. The van der Waals surface area contributed by atoms with E-state index >= 15 is 0 Å². The molecule has 1 fully saturated rings. The Hall–Kier alpha value is -1.35. The minimum absolute atomic E-state index is 0.00367. The molecule has 0 aromatic heterocycles. The lowest BCUT2D eigenvalue weighted by Crippen LogP contribution is -2.45. The van der Waals surface area contributed by atoms with Gasteiger partial charge in [-0.05, 0) is 43.9 Å². The van der Waals surface area contributed by atoms with Gasteiger partial charge in [-0.2, -0.15) is 0 Å². The molecule has 0 spiro atoms. The maximum absolute atomic E-state index is 12.6. The fraction of sp³-hybridized carbons (Fsp3) is 0.562. The molecular weight excluding hydrogens is 236 g/mol. The number of carbonyl (C=O) groups excluding carboxylic acids is 1. The molecule has 1 aliphatic rings. The van der Waals surface area contributed by atoms with Crippen molar-refractivity contribution in [3.63, 3.8) is 0 Å². The summed E-state index contributed by atoms with van der Waals surface area (Å²) < 4.78 is 0. The summed E-state index contributed by atoms with van der Waals surface area (Å²) in [4.78, 5) is 14.5. The van der Waals surface area contributed by atoms with Gasteiger partial charge in [-0.25, -0.2) is 0 Å². The molecule has 1 N–H and O–H groups in total. The van der Waals surface area contributed by atoms with Crippen LogP contribution in [0.5, 0.6) is 0 Å². The Bertz CT molecular complexity index is 444. The molecule has 2 atom stereocenters. The van der Waals surface area contributed by atoms with Crippen LogP contribution in [0.2, 0.25) is 0 Å². The van der Waals surface area contributed by atoms with Crippen LogP contribution in [0, 0.1) is 12.8 Å². The molecule has 0 bridgehead atoms. The highest BCUT2D eigenvalue weighted by atomic mass is 16.2. The number of nitrogens with zero attached hydrogens (tertiary/aromatic N) is 1. The SMILES string of the molecule is CCN(Cc1ccccc1C)C(=O)C1NCCC1C. The van der Waals surface area contributed by atoms with Gasteiger partial charge in [-0.1, -0.05) is 31.2 Å². The Balaban J connectivity index is 2.08. The number of amides is 1. The first kappa shape index (κ1) is 14.1. The molecular formula is C16H24N2O. The van der Waals surface area contributed by atoms with E-state index in [1.54, 1.807) is 0 Å². The van der Waals surface area contributed by atoms with Gasteiger partial charge in [0.25, 0.3) is 0 Å².